The van der Waals surface area contributed by atoms with Gasteiger partial charge in [0, 0.05) is 16.8 Å². The molecule has 2 aliphatic carbocycles. The normalized spacial score (nSPS) is 18.7. The Bertz CT molecular complexity index is 675. The van der Waals surface area contributed by atoms with Crippen LogP contribution in [0.25, 0.3) is 10.9 Å². The zero-order valence-electron chi connectivity index (χ0n) is 13.1. The number of nitrogens with zero attached hydrogens (tertiary/aromatic N) is 1. The third-order valence-corrected chi connectivity index (χ3v) is 5.41. The van der Waals surface area contributed by atoms with Gasteiger partial charge in [0.25, 0.3) is 0 Å². The number of nitrogens with two attached hydrogens (primary N) is 1. The lowest BCUT2D eigenvalue weighted by molar-refractivity contribution is 0.444. The first-order chi connectivity index (χ1) is 10.3. The minimum atomic E-state index is 0. The van der Waals surface area contributed by atoms with Crippen molar-refractivity contribution in [3.8, 4) is 0 Å². The molecular formula is C19H25ClN2. The maximum atomic E-state index is 6.50. The average molecular weight is 317 g/mol. The standard InChI is InChI=1S/C19H24N2.ClH/c20-19-15-8-4-5-9-17(15)21-18-11-10-14(12-16(18)19)13-6-2-1-3-7-13;/h10-13H,1-9H2,(H2,20,21);1H. The minimum Gasteiger partial charge on any atom is -0.398 e. The fraction of sp³-hybridized carbons (Fsp3) is 0.526. The second-order valence-corrected chi connectivity index (χ2v) is 6.77. The summed E-state index contributed by atoms with van der Waals surface area (Å²) in [7, 11) is 0. The number of nitrogen functional groups attached to an aromatic ring is 1. The molecule has 3 heteroatoms. The van der Waals surface area contributed by atoms with Crippen LogP contribution < -0.4 is 5.73 Å². The first kappa shape index (κ1) is 15.6. The molecule has 2 N–H and O–H groups in total. The molecule has 0 unspecified atom stereocenters. The van der Waals surface area contributed by atoms with Crippen LogP contribution in [0.5, 0.6) is 0 Å². The fourth-order valence-corrected chi connectivity index (χ4v) is 4.17. The maximum Gasteiger partial charge on any atom is 0.0726 e. The average Bonchev–Trinajstić information content (AvgIpc) is 2.56. The molecule has 1 heterocycles. The number of pyridine rings is 1. The molecular weight excluding hydrogens is 292 g/mol. The summed E-state index contributed by atoms with van der Waals surface area (Å²) < 4.78 is 0. The molecule has 1 aromatic carbocycles. The summed E-state index contributed by atoms with van der Waals surface area (Å²) in [5, 5.41) is 1.19. The van der Waals surface area contributed by atoms with Crippen LogP contribution in [0.1, 0.15) is 67.7 Å². The number of hydrogen-bond donors (Lipinski definition) is 1. The maximum absolute atomic E-state index is 6.50. The first-order valence-corrected chi connectivity index (χ1v) is 8.54. The predicted octanol–water partition coefficient (Wildman–Crippen LogP) is 5.17. The number of aryl methyl sites for hydroxylation is 1. The lowest BCUT2D eigenvalue weighted by atomic mass is 9.83. The molecule has 1 aromatic heterocycles. The van der Waals surface area contributed by atoms with E-state index < -0.39 is 0 Å². The van der Waals surface area contributed by atoms with Gasteiger partial charge in [-0.25, -0.2) is 0 Å². The van der Waals surface area contributed by atoms with E-state index in [-0.39, 0.29) is 12.4 Å². The number of rotatable bonds is 1. The van der Waals surface area contributed by atoms with E-state index in [9.17, 15) is 0 Å². The van der Waals surface area contributed by atoms with Crippen LogP contribution in [0, 0.1) is 0 Å². The Labute approximate surface area is 138 Å². The van der Waals surface area contributed by atoms with Crippen LogP contribution in [0.4, 0.5) is 5.69 Å². The van der Waals surface area contributed by atoms with Gasteiger partial charge >= 0.3 is 0 Å². The van der Waals surface area contributed by atoms with Gasteiger partial charge in [0.05, 0.1) is 5.52 Å². The van der Waals surface area contributed by atoms with Crippen molar-refractivity contribution in [2.75, 3.05) is 5.73 Å². The molecule has 118 valence electrons. The van der Waals surface area contributed by atoms with E-state index in [0.29, 0.717) is 0 Å². The summed E-state index contributed by atoms with van der Waals surface area (Å²) in [4.78, 5) is 4.88. The molecule has 0 saturated heterocycles. The van der Waals surface area contributed by atoms with Gasteiger partial charge in [-0.15, -0.1) is 12.4 Å². The van der Waals surface area contributed by atoms with Crippen molar-refractivity contribution < 1.29 is 0 Å². The number of anilines is 1. The van der Waals surface area contributed by atoms with Gasteiger partial charge < -0.3 is 5.73 Å². The Morgan fingerprint density at radius 1 is 0.955 bits per heavy atom. The Morgan fingerprint density at radius 3 is 2.55 bits per heavy atom. The van der Waals surface area contributed by atoms with Crippen molar-refractivity contribution in [2.24, 2.45) is 0 Å². The highest BCUT2D eigenvalue weighted by molar-refractivity contribution is 5.92. The Balaban J connectivity index is 0.00000144. The summed E-state index contributed by atoms with van der Waals surface area (Å²) in [6, 6.07) is 6.83. The smallest absolute Gasteiger partial charge is 0.0726 e. The first-order valence-electron chi connectivity index (χ1n) is 8.54. The molecule has 2 nitrogen and oxygen atoms in total. The van der Waals surface area contributed by atoms with E-state index in [1.54, 1.807) is 0 Å². The second-order valence-electron chi connectivity index (χ2n) is 6.77. The van der Waals surface area contributed by atoms with Crippen LogP contribution in [0.2, 0.25) is 0 Å². The highest BCUT2D eigenvalue weighted by atomic mass is 35.5. The second kappa shape index (κ2) is 6.45. The van der Waals surface area contributed by atoms with Crippen molar-refractivity contribution in [1.82, 2.24) is 4.98 Å². The van der Waals surface area contributed by atoms with E-state index in [1.165, 1.54) is 67.2 Å². The Kier molecular flexibility index (Phi) is 4.58. The van der Waals surface area contributed by atoms with Gasteiger partial charge in [-0.3, -0.25) is 4.98 Å². The zero-order valence-corrected chi connectivity index (χ0v) is 13.9. The minimum absolute atomic E-state index is 0. The van der Waals surface area contributed by atoms with Gasteiger partial charge in [-0.05, 0) is 67.7 Å². The molecule has 0 bridgehead atoms. The molecule has 2 aliphatic rings. The van der Waals surface area contributed by atoms with Crippen molar-refractivity contribution in [1.29, 1.82) is 0 Å². The van der Waals surface area contributed by atoms with E-state index in [1.807, 2.05) is 0 Å². The van der Waals surface area contributed by atoms with Crippen molar-refractivity contribution in [3.63, 3.8) is 0 Å². The van der Waals surface area contributed by atoms with Crippen LogP contribution in [0.3, 0.4) is 0 Å². The number of aromatic nitrogens is 1. The number of benzene rings is 1. The zero-order chi connectivity index (χ0) is 14.2. The predicted molar refractivity (Wildman–Crippen MR) is 95.9 cm³/mol. The van der Waals surface area contributed by atoms with Gasteiger partial charge in [0.2, 0.25) is 0 Å². The number of halogens is 1. The molecule has 0 atom stereocenters. The fourth-order valence-electron chi connectivity index (χ4n) is 4.17. The van der Waals surface area contributed by atoms with E-state index in [2.05, 4.69) is 18.2 Å². The molecule has 22 heavy (non-hydrogen) atoms. The largest absolute Gasteiger partial charge is 0.398 e. The van der Waals surface area contributed by atoms with Crippen LogP contribution in [-0.4, -0.2) is 4.98 Å². The molecule has 0 spiro atoms. The lowest BCUT2D eigenvalue weighted by Gasteiger charge is -2.23. The van der Waals surface area contributed by atoms with E-state index in [4.69, 9.17) is 10.7 Å². The Hall–Kier alpha value is -1.28. The van der Waals surface area contributed by atoms with Crippen molar-refractivity contribution >= 4 is 29.0 Å². The van der Waals surface area contributed by atoms with Gasteiger partial charge in [0.1, 0.15) is 0 Å². The van der Waals surface area contributed by atoms with Crippen LogP contribution in [-0.2, 0) is 12.8 Å². The number of fused-ring (bicyclic) bond motifs is 2. The third kappa shape index (κ3) is 2.69. The van der Waals surface area contributed by atoms with Crippen LogP contribution in [0.15, 0.2) is 18.2 Å². The number of hydrogen-bond acceptors (Lipinski definition) is 2. The van der Waals surface area contributed by atoms with Gasteiger partial charge in [0.15, 0.2) is 0 Å². The molecule has 0 amide bonds. The highest BCUT2D eigenvalue weighted by Crippen LogP contribution is 2.36. The van der Waals surface area contributed by atoms with E-state index in [0.717, 1.165) is 30.0 Å². The Morgan fingerprint density at radius 2 is 1.73 bits per heavy atom. The summed E-state index contributed by atoms with van der Waals surface area (Å²) >= 11 is 0. The van der Waals surface area contributed by atoms with Crippen molar-refractivity contribution in [2.45, 2.75) is 63.7 Å². The molecule has 1 fully saturated rings. The summed E-state index contributed by atoms with van der Waals surface area (Å²) in [5.74, 6) is 0.735. The summed E-state index contributed by atoms with van der Waals surface area (Å²) in [5.41, 5.74) is 12.6. The monoisotopic (exact) mass is 316 g/mol. The summed E-state index contributed by atoms with van der Waals surface area (Å²) in [6.45, 7) is 0. The van der Waals surface area contributed by atoms with Gasteiger partial charge in [-0.2, -0.15) is 0 Å². The summed E-state index contributed by atoms with van der Waals surface area (Å²) in [6.07, 6.45) is 11.5. The lowest BCUT2D eigenvalue weighted by Crippen LogP contribution is -2.10. The SMILES string of the molecule is Cl.Nc1c2c(nc3ccc(C4CCCCC4)cc13)CCCC2. The molecule has 0 radical (unpaired) electrons. The quantitative estimate of drug-likeness (QED) is 0.788. The van der Waals surface area contributed by atoms with Crippen LogP contribution >= 0.6 is 12.4 Å². The topological polar surface area (TPSA) is 38.9 Å². The molecule has 0 aliphatic heterocycles. The molecule has 2 aromatic rings. The highest BCUT2D eigenvalue weighted by Gasteiger charge is 2.19. The molecule has 4 rings (SSSR count). The van der Waals surface area contributed by atoms with Gasteiger partial charge in [-0.1, -0.05) is 25.3 Å². The molecule has 1 saturated carbocycles. The van der Waals surface area contributed by atoms with E-state index >= 15 is 0 Å². The van der Waals surface area contributed by atoms with Crippen molar-refractivity contribution in [3.05, 3.63) is 35.0 Å². The third-order valence-electron chi connectivity index (χ3n) is 5.41.